The van der Waals surface area contributed by atoms with Crippen molar-refractivity contribution >= 4 is 41.0 Å². The van der Waals surface area contributed by atoms with Crippen LogP contribution in [0, 0.1) is 5.92 Å². The zero-order chi connectivity index (χ0) is 28.5. The van der Waals surface area contributed by atoms with E-state index in [-0.39, 0.29) is 22.3 Å². The Morgan fingerprint density at radius 2 is 1.46 bits per heavy atom. The second kappa shape index (κ2) is 14.0. The number of esters is 1. The molecule has 1 aromatic rings. The van der Waals surface area contributed by atoms with Gasteiger partial charge in [0.15, 0.2) is 21.5 Å². The van der Waals surface area contributed by atoms with Crippen LogP contribution in [0.15, 0.2) is 58.5 Å². The number of nitrogens with zero attached hydrogens (tertiary/aromatic N) is 1. The van der Waals surface area contributed by atoms with Crippen LogP contribution >= 0.6 is 0 Å². The molecule has 0 amide bonds. The zero-order valence-corrected chi connectivity index (χ0v) is 28.1. The molecule has 1 atom stereocenters. The van der Waals surface area contributed by atoms with Gasteiger partial charge < -0.3 is 17.9 Å². The molecule has 1 rings (SSSR count). The maximum absolute atomic E-state index is 13.3. The topological polar surface area (TPSA) is 82.1 Å². The molecule has 0 radical (unpaired) electrons. The van der Waals surface area contributed by atoms with Crippen LogP contribution < -0.4 is 0 Å². The van der Waals surface area contributed by atoms with Crippen molar-refractivity contribution in [1.82, 2.24) is 4.90 Å². The third-order valence-electron chi connectivity index (χ3n) is 5.16. The Morgan fingerprint density at radius 1 is 0.946 bits per heavy atom. The van der Waals surface area contributed by atoms with Gasteiger partial charge in [-0.25, -0.2) is 13.2 Å². The molecule has 0 fully saturated rings. The first-order valence-corrected chi connectivity index (χ1v) is 23.7. The van der Waals surface area contributed by atoms with E-state index >= 15 is 0 Å². The Bertz CT molecular complexity index is 1010. The third-order valence-corrected chi connectivity index (χ3v) is 16.7. The summed E-state index contributed by atoms with van der Waals surface area (Å²) >= 11 is 0. The highest BCUT2D eigenvalue weighted by molar-refractivity contribution is 7.96. The molecule has 0 saturated carbocycles. The first kappa shape index (κ1) is 33.5. The minimum atomic E-state index is -4.06. The Morgan fingerprint density at radius 3 is 1.92 bits per heavy atom. The summed E-state index contributed by atoms with van der Waals surface area (Å²) in [5, 5.41) is 0. The largest absolute Gasteiger partial charge is 0.461 e. The summed E-state index contributed by atoms with van der Waals surface area (Å²) in [5.74, 6) is -0.916. The van der Waals surface area contributed by atoms with E-state index in [2.05, 4.69) is 45.8 Å². The number of hydrogen-bond acceptors (Lipinski definition) is 7. The van der Waals surface area contributed by atoms with Crippen molar-refractivity contribution in [2.24, 2.45) is 5.92 Å². The van der Waals surface area contributed by atoms with Crippen LogP contribution in [0.4, 0.5) is 0 Å². The summed E-state index contributed by atoms with van der Waals surface area (Å²) in [6.07, 6.45) is 4.69. The van der Waals surface area contributed by atoms with E-state index in [0.29, 0.717) is 6.04 Å². The molecule has 0 aliphatic rings. The van der Waals surface area contributed by atoms with Crippen molar-refractivity contribution in [3.8, 4) is 0 Å². The predicted molar refractivity (Wildman–Crippen MR) is 159 cm³/mol. The molecule has 0 aliphatic heterocycles. The minimum absolute atomic E-state index is 0.0505. The number of ether oxygens (including phenoxy) is 1. The van der Waals surface area contributed by atoms with Crippen LogP contribution in [0.3, 0.4) is 0 Å². The molecule has 1 aromatic carbocycles. The van der Waals surface area contributed by atoms with Crippen molar-refractivity contribution in [3.63, 3.8) is 0 Å². The summed E-state index contributed by atoms with van der Waals surface area (Å²) in [6.45, 7) is 22.6. The van der Waals surface area contributed by atoms with Gasteiger partial charge in [0, 0.05) is 13.1 Å². The number of sulfone groups is 1. The molecule has 37 heavy (non-hydrogen) atoms. The zero-order valence-electron chi connectivity index (χ0n) is 24.3. The van der Waals surface area contributed by atoms with E-state index in [4.69, 9.17) is 13.0 Å². The summed E-state index contributed by atoms with van der Waals surface area (Å²) in [6, 6.07) is 8.60. The highest BCUT2D eigenvalue weighted by atomic mass is 32.2. The molecule has 0 heterocycles. The van der Waals surface area contributed by atoms with Crippen LogP contribution in [0.1, 0.15) is 20.8 Å². The first-order valence-electron chi connectivity index (χ1n) is 12.9. The summed E-state index contributed by atoms with van der Waals surface area (Å²) in [7, 11) is -10.3. The van der Waals surface area contributed by atoms with E-state index in [0.717, 1.165) is 13.1 Å². The second-order valence-corrected chi connectivity index (χ2v) is 26.1. The van der Waals surface area contributed by atoms with Gasteiger partial charge in [-0.15, -0.1) is 0 Å². The number of carbonyl (C=O) groups is 1. The van der Waals surface area contributed by atoms with Crippen molar-refractivity contribution in [2.75, 3.05) is 19.7 Å². The Balaban J connectivity index is 3.15. The molecule has 210 valence electrons. The van der Waals surface area contributed by atoms with Crippen LogP contribution in [0.25, 0.3) is 0 Å². The molecule has 0 aliphatic carbocycles. The average molecular weight is 586 g/mol. The smallest absolute Gasteiger partial charge is 0.350 e. The second-order valence-electron chi connectivity index (χ2n) is 11.4. The number of rotatable bonds is 15. The molecule has 7 nitrogen and oxygen atoms in total. The summed E-state index contributed by atoms with van der Waals surface area (Å²) in [5.41, 5.74) is 0. The molecule has 0 saturated heterocycles. The molecular formula is C26H47NO6SSi3. The van der Waals surface area contributed by atoms with Gasteiger partial charge in [0.2, 0.25) is 9.84 Å². The fourth-order valence-electron chi connectivity index (χ4n) is 4.06. The molecule has 11 heteroatoms. The molecule has 0 bridgehead atoms. The van der Waals surface area contributed by atoms with Gasteiger partial charge in [0.05, 0.1) is 11.5 Å². The van der Waals surface area contributed by atoms with Gasteiger partial charge >= 0.3 is 14.5 Å². The van der Waals surface area contributed by atoms with E-state index in [1.165, 1.54) is 18.2 Å². The van der Waals surface area contributed by atoms with Crippen molar-refractivity contribution in [3.05, 3.63) is 53.6 Å². The summed E-state index contributed by atoms with van der Waals surface area (Å²) in [4.78, 5) is 14.8. The van der Waals surface area contributed by atoms with Crippen molar-refractivity contribution in [2.45, 2.75) is 77.5 Å². The first-order chi connectivity index (χ1) is 16.9. The lowest BCUT2D eigenvalue weighted by atomic mass is 10.2. The van der Waals surface area contributed by atoms with Gasteiger partial charge in [-0.3, -0.25) is 0 Å². The quantitative estimate of drug-likeness (QED) is 0.106. The third kappa shape index (κ3) is 12.3. The summed E-state index contributed by atoms with van der Waals surface area (Å²) < 4.78 is 45.4. The lowest BCUT2D eigenvalue weighted by molar-refractivity contribution is -0.139. The predicted octanol–water partition coefficient (Wildman–Crippen LogP) is 6.15. The molecule has 1 unspecified atom stereocenters. The van der Waals surface area contributed by atoms with Gasteiger partial charge in [-0.2, -0.15) is 0 Å². The van der Waals surface area contributed by atoms with E-state index in [9.17, 15) is 13.2 Å². The van der Waals surface area contributed by atoms with Gasteiger partial charge in [-0.1, -0.05) is 25.1 Å². The monoisotopic (exact) mass is 585 g/mol. The number of carbonyl (C=O) groups excluding carboxylic acids is 1. The van der Waals surface area contributed by atoms with E-state index in [1.54, 1.807) is 30.5 Å². The van der Waals surface area contributed by atoms with Crippen LogP contribution in [0.5, 0.6) is 0 Å². The Kier molecular flexibility index (Phi) is 12.7. The fourth-order valence-corrected chi connectivity index (χ4v) is 18.3. The van der Waals surface area contributed by atoms with Crippen molar-refractivity contribution < 1.29 is 26.2 Å². The van der Waals surface area contributed by atoms with E-state index < -0.39 is 41.0 Å². The number of allylic oxidation sites excluding steroid dienone is 2. The molecule has 0 aromatic heterocycles. The minimum Gasteiger partial charge on any atom is -0.461 e. The van der Waals surface area contributed by atoms with E-state index in [1.807, 2.05) is 25.7 Å². The Labute approximate surface area is 228 Å². The van der Waals surface area contributed by atoms with Crippen LogP contribution in [-0.4, -0.2) is 64.2 Å². The number of hydrogen-bond donors (Lipinski definition) is 0. The standard InChI is InChI=1S/C26H47NO6SSi3/c1-11-27(12-2)20-16-19-25(34(29,30)24-17-14-13-15-18-24)26(28)31-21-23(3)22-37(10,32-35(4,5)6)33-36(7,8)9/h13-20,23H,11-12,21-22H2,1-10H3/b20-16+,25-19+. The normalized spacial score (nSPS) is 14.6. The maximum Gasteiger partial charge on any atom is 0.350 e. The highest BCUT2D eigenvalue weighted by Crippen LogP contribution is 2.28. The fraction of sp³-hybridized carbons (Fsp3) is 0.577. The van der Waals surface area contributed by atoms with Gasteiger partial charge in [0.1, 0.15) is 0 Å². The maximum atomic E-state index is 13.3. The average Bonchev–Trinajstić information content (AvgIpc) is 2.75. The van der Waals surface area contributed by atoms with Crippen molar-refractivity contribution in [1.29, 1.82) is 0 Å². The number of benzene rings is 1. The van der Waals surface area contributed by atoms with Gasteiger partial charge in [-0.05, 0) is 102 Å². The molecule has 0 N–H and O–H groups in total. The van der Waals surface area contributed by atoms with Crippen LogP contribution in [0.2, 0.25) is 51.9 Å². The van der Waals surface area contributed by atoms with Gasteiger partial charge in [0.25, 0.3) is 0 Å². The molecule has 0 spiro atoms. The highest BCUT2D eigenvalue weighted by Gasteiger charge is 2.41. The SMILES string of the molecule is CCN(/C=C/C=C(\C(=O)OCC(C)C[Si](C)(O[Si](C)(C)C)O[Si](C)(C)C)S(=O)(=O)c1ccccc1)CC. The lowest BCUT2D eigenvalue weighted by Crippen LogP contribution is -2.53. The molecular weight excluding hydrogens is 539 g/mol. The Hall–Kier alpha value is -1.51. The van der Waals surface area contributed by atoms with Crippen LogP contribution in [-0.2, 0) is 27.6 Å². The lowest BCUT2D eigenvalue weighted by Gasteiger charge is -2.39.